The summed E-state index contributed by atoms with van der Waals surface area (Å²) in [5.74, 6) is 0. The molecule has 0 saturated heterocycles. The topological polar surface area (TPSA) is 61.3 Å². The monoisotopic (exact) mass is 476 g/mol. The molecule has 140 valence electrons. The highest BCUT2D eigenvalue weighted by Gasteiger charge is 2.11. The quantitative estimate of drug-likeness (QED) is 0.386. The van der Waals surface area contributed by atoms with Crippen LogP contribution in [0.4, 0.5) is 0 Å². The minimum atomic E-state index is -0.349. The Morgan fingerprint density at radius 3 is 1.84 bits per heavy atom. The fourth-order valence-corrected chi connectivity index (χ4v) is 1.97. The van der Waals surface area contributed by atoms with Crippen molar-refractivity contribution in [3.05, 3.63) is 57.0 Å². The summed E-state index contributed by atoms with van der Waals surface area (Å²) in [6.45, 7) is 5.10. The Balaban J connectivity index is 0. The van der Waals surface area contributed by atoms with E-state index in [9.17, 15) is 4.79 Å². The van der Waals surface area contributed by atoms with E-state index < -0.39 is 0 Å². The number of nitrogens with zero attached hydrogens (tertiary/aromatic N) is 2. The Kier molecular flexibility index (Phi) is 15.8. The van der Waals surface area contributed by atoms with E-state index in [1.54, 1.807) is 24.5 Å². The second kappa shape index (κ2) is 15.1. The molecule has 2 aromatic heterocycles. The number of halogens is 2. The van der Waals surface area contributed by atoms with E-state index in [0.717, 1.165) is 14.6 Å². The molecule has 0 bridgehead atoms. The molecule has 0 spiro atoms. The van der Waals surface area contributed by atoms with Gasteiger partial charge in [0.05, 0.1) is 5.69 Å². The van der Waals surface area contributed by atoms with Gasteiger partial charge in [-0.25, -0.2) is 0 Å². The maximum atomic E-state index is 10.0. The molecule has 2 rings (SSSR count). The summed E-state index contributed by atoms with van der Waals surface area (Å²) in [6.07, 6.45) is 3.69. The minimum Gasteiger partial charge on any atom is -0.347 e. The van der Waals surface area contributed by atoms with Crippen molar-refractivity contribution in [1.29, 1.82) is 0 Å². The first-order chi connectivity index (χ1) is 11.1. The van der Waals surface area contributed by atoms with Crippen LogP contribution in [0.25, 0.3) is 0 Å². The largest absolute Gasteiger partial charge is 0.347 e. The molecule has 7 heteroatoms. The van der Waals surface area contributed by atoms with Crippen molar-refractivity contribution in [3.63, 3.8) is 0 Å². The minimum absolute atomic E-state index is 0. The number of aromatic nitrogens is 2. The average Bonchev–Trinajstić information content (AvgIpc) is 2.57. The number of pyridine rings is 2. The standard InChI is InChI=1S/C10H14BrNO2.C6H4BrNO.2CH4/c1-3-13-10(14-4-2)9-6-5-8(11)7-12-9;7-5-1-2-6(4-9)8-3-5;;/h5-7,10H,3-4H2,1-2H3;1-4H;2*1H4. The van der Waals surface area contributed by atoms with Gasteiger partial charge in [0.1, 0.15) is 5.69 Å². The third kappa shape index (κ3) is 10.4. The lowest BCUT2D eigenvalue weighted by Crippen LogP contribution is -2.10. The molecule has 0 radical (unpaired) electrons. The molecule has 0 aromatic carbocycles. The van der Waals surface area contributed by atoms with E-state index in [4.69, 9.17) is 9.47 Å². The molecule has 0 aliphatic heterocycles. The van der Waals surface area contributed by atoms with Crippen molar-refractivity contribution in [3.8, 4) is 0 Å². The number of carbonyl (C=O) groups is 1. The van der Waals surface area contributed by atoms with E-state index in [-0.39, 0.29) is 21.1 Å². The van der Waals surface area contributed by atoms with Crippen molar-refractivity contribution in [2.75, 3.05) is 13.2 Å². The molecule has 0 saturated carbocycles. The number of hydrogen-bond acceptors (Lipinski definition) is 5. The maximum Gasteiger partial charge on any atom is 0.201 e. The first kappa shape index (κ1) is 26.1. The third-order valence-electron chi connectivity index (χ3n) is 2.50. The molecule has 0 fully saturated rings. The van der Waals surface area contributed by atoms with Crippen molar-refractivity contribution >= 4 is 38.1 Å². The molecule has 25 heavy (non-hydrogen) atoms. The predicted octanol–water partition coefficient (Wildman–Crippen LogP) is 5.84. The van der Waals surface area contributed by atoms with E-state index in [1.807, 2.05) is 26.0 Å². The molecule has 0 unspecified atom stereocenters. The molecule has 2 aromatic rings. The van der Waals surface area contributed by atoms with Crippen LogP contribution in [0.3, 0.4) is 0 Å². The van der Waals surface area contributed by atoms with Crippen molar-refractivity contribution in [1.82, 2.24) is 9.97 Å². The van der Waals surface area contributed by atoms with Crippen LogP contribution in [0, 0.1) is 0 Å². The molecule has 2 heterocycles. The van der Waals surface area contributed by atoms with Gasteiger partial charge in [-0.05, 0) is 70.0 Å². The SMILES string of the molecule is C.C.CCOC(OCC)c1ccc(Br)cn1.O=Cc1ccc(Br)cn1. The zero-order valence-corrected chi connectivity index (χ0v) is 16.1. The van der Waals surface area contributed by atoms with Crippen LogP contribution in [-0.4, -0.2) is 29.5 Å². The van der Waals surface area contributed by atoms with Gasteiger partial charge >= 0.3 is 0 Å². The Morgan fingerprint density at radius 1 is 0.960 bits per heavy atom. The second-order valence-electron chi connectivity index (χ2n) is 4.16. The summed E-state index contributed by atoms with van der Waals surface area (Å²) in [5.41, 5.74) is 1.26. The fourth-order valence-electron chi connectivity index (χ4n) is 1.51. The van der Waals surface area contributed by atoms with Crippen LogP contribution in [0.2, 0.25) is 0 Å². The lowest BCUT2D eigenvalue weighted by atomic mass is 10.3. The first-order valence-electron chi connectivity index (χ1n) is 7.02. The van der Waals surface area contributed by atoms with Gasteiger partial charge < -0.3 is 9.47 Å². The number of hydrogen-bond donors (Lipinski definition) is 0. The van der Waals surface area contributed by atoms with Gasteiger partial charge in [0.2, 0.25) is 6.29 Å². The Morgan fingerprint density at radius 2 is 1.48 bits per heavy atom. The average molecular weight is 478 g/mol. The van der Waals surface area contributed by atoms with E-state index >= 15 is 0 Å². The lowest BCUT2D eigenvalue weighted by molar-refractivity contribution is -0.142. The fraction of sp³-hybridized carbons (Fsp3) is 0.389. The molecular weight excluding hydrogens is 452 g/mol. The van der Waals surface area contributed by atoms with Crippen LogP contribution < -0.4 is 0 Å². The second-order valence-corrected chi connectivity index (χ2v) is 5.99. The van der Waals surface area contributed by atoms with Crippen molar-refractivity contribution in [2.24, 2.45) is 0 Å². The molecule has 0 aliphatic carbocycles. The Hall–Kier alpha value is -1.15. The molecule has 0 atom stereocenters. The van der Waals surface area contributed by atoms with Gasteiger partial charge in [-0.2, -0.15) is 0 Å². The summed E-state index contributed by atoms with van der Waals surface area (Å²) in [5, 5.41) is 0. The summed E-state index contributed by atoms with van der Waals surface area (Å²) in [7, 11) is 0. The summed E-state index contributed by atoms with van der Waals surface area (Å²) in [6, 6.07) is 7.24. The zero-order valence-electron chi connectivity index (χ0n) is 12.9. The van der Waals surface area contributed by atoms with Gasteiger partial charge in [-0.3, -0.25) is 14.8 Å². The van der Waals surface area contributed by atoms with E-state index in [1.165, 1.54) is 0 Å². The number of carbonyl (C=O) groups excluding carboxylic acids is 1. The molecule has 0 N–H and O–H groups in total. The van der Waals surface area contributed by atoms with Gasteiger partial charge in [0.25, 0.3) is 0 Å². The van der Waals surface area contributed by atoms with Crippen LogP contribution in [0.1, 0.15) is 51.2 Å². The third-order valence-corrected chi connectivity index (χ3v) is 3.44. The lowest BCUT2D eigenvalue weighted by Gasteiger charge is -2.15. The van der Waals surface area contributed by atoms with Gasteiger partial charge in [-0.15, -0.1) is 0 Å². The first-order valence-corrected chi connectivity index (χ1v) is 8.60. The molecule has 0 amide bonds. The normalized spacial score (nSPS) is 9.32. The predicted molar refractivity (Wildman–Crippen MR) is 109 cm³/mol. The van der Waals surface area contributed by atoms with Crippen molar-refractivity contribution in [2.45, 2.75) is 35.0 Å². The van der Waals surface area contributed by atoms with Gasteiger partial charge in [0.15, 0.2) is 6.29 Å². The highest BCUT2D eigenvalue weighted by Crippen LogP contribution is 2.18. The smallest absolute Gasteiger partial charge is 0.201 e. The number of rotatable bonds is 6. The summed E-state index contributed by atoms with van der Waals surface area (Å²) < 4.78 is 12.7. The van der Waals surface area contributed by atoms with Crippen LogP contribution in [0.15, 0.2) is 45.6 Å². The highest BCUT2D eigenvalue weighted by molar-refractivity contribution is 9.10. The van der Waals surface area contributed by atoms with E-state index in [0.29, 0.717) is 25.2 Å². The molecule has 5 nitrogen and oxygen atoms in total. The number of aldehydes is 1. The highest BCUT2D eigenvalue weighted by atomic mass is 79.9. The van der Waals surface area contributed by atoms with Crippen LogP contribution in [-0.2, 0) is 9.47 Å². The van der Waals surface area contributed by atoms with Crippen LogP contribution >= 0.6 is 31.9 Å². The van der Waals surface area contributed by atoms with Crippen molar-refractivity contribution < 1.29 is 14.3 Å². The summed E-state index contributed by atoms with van der Waals surface area (Å²) in [4.78, 5) is 18.0. The molecular formula is C18H26Br2N2O3. The molecule has 0 aliphatic rings. The van der Waals surface area contributed by atoms with Crippen LogP contribution in [0.5, 0.6) is 0 Å². The van der Waals surface area contributed by atoms with E-state index in [2.05, 4.69) is 41.8 Å². The Labute approximate surface area is 167 Å². The maximum absolute atomic E-state index is 10.0. The van der Waals surface area contributed by atoms with Gasteiger partial charge in [-0.1, -0.05) is 14.9 Å². The zero-order chi connectivity index (χ0) is 17.1. The van der Waals surface area contributed by atoms with Gasteiger partial charge in [0, 0.05) is 34.6 Å². The number of ether oxygens (including phenoxy) is 2. The summed E-state index contributed by atoms with van der Waals surface area (Å²) >= 11 is 6.52. The Bertz CT molecular complexity index is 572.